The van der Waals surface area contributed by atoms with Gasteiger partial charge >= 0.3 is 0 Å². The minimum atomic E-state index is 0.372. The van der Waals surface area contributed by atoms with Gasteiger partial charge in [-0.2, -0.15) is 0 Å². The van der Waals surface area contributed by atoms with Crippen LogP contribution in [0.3, 0.4) is 0 Å². The van der Waals surface area contributed by atoms with Crippen LogP contribution in [0.4, 0.5) is 0 Å². The van der Waals surface area contributed by atoms with Crippen LogP contribution >= 0.6 is 0 Å². The second-order valence-electron chi connectivity index (χ2n) is 4.30. The Hall–Kier alpha value is -0.0800. The monoisotopic (exact) mass is 155 g/mol. The number of fused-ring (bicyclic) bond motifs is 2. The van der Waals surface area contributed by atoms with Gasteiger partial charge in [-0.3, -0.25) is 0 Å². The van der Waals surface area contributed by atoms with Crippen LogP contribution in [0.2, 0.25) is 0 Å². The van der Waals surface area contributed by atoms with E-state index in [2.05, 4.69) is 12.2 Å². The Balaban J connectivity index is 1.95. The van der Waals surface area contributed by atoms with Gasteiger partial charge in [0.15, 0.2) is 0 Å². The molecule has 0 aromatic carbocycles. The van der Waals surface area contributed by atoms with Crippen molar-refractivity contribution in [3.05, 3.63) is 0 Å². The van der Waals surface area contributed by atoms with Crippen molar-refractivity contribution in [1.29, 1.82) is 0 Å². The summed E-state index contributed by atoms with van der Waals surface area (Å²) in [5.41, 5.74) is 0.372. The minimum Gasteiger partial charge on any atom is -0.383 e. The lowest BCUT2D eigenvalue weighted by molar-refractivity contribution is -0.0213. The molecule has 3 fully saturated rings. The SMILES string of the molecule is COC[C@]12CC(C[C@@H](C)C1)N2. The van der Waals surface area contributed by atoms with Gasteiger partial charge in [0.25, 0.3) is 0 Å². The number of nitrogens with one attached hydrogen (secondary N) is 1. The Morgan fingerprint density at radius 3 is 2.82 bits per heavy atom. The summed E-state index contributed by atoms with van der Waals surface area (Å²) in [6, 6.07) is 0.800. The number of hydrogen-bond donors (Lipinski definition) is 1. The third kappa shape index (κ3) is 1.18. The molecule has 3 aliphatic rings. The van der Waals surface area contributed by atoms with Crippen LogP contribution < -0.4 is 5.32 Å². The zero-order chi connectivity index (χ0) is 7.90. The van der Waals surface area contributed by atoms with E-state index in [-0.39, 0.29) is 0 Å². The molecule has 3 atom stereocenters. The summed E-state index contributed by atoms with van der Waals surface area (Å²) in [5.74, 6) is 0.894. The third-order valence-corrected chi connectivity index (χ3v) is 2.99. The topological polar surface area (TPSA) is 21.3 Å². The molecule has 3 rings (SSSR count). The Bertz CT molecular complexity index is 146. The summed E-state index contributed by atoms with van der Waals surface area (Å²) < 4.78 is 5.21. The van der Waals surface area contributed by atoms with E-state index in [1.165, 1.54) is 19.3 Å². The first kappa shape index (κ1) is 7.56. The van der Waals surface area contributed by atoms with E-state index in [1.807, 2.05) is 0 Å². The van der Waals surface area contributed by atoms with E-state index in [0.29, 0.717) is 5.54 Å². The van der Waals surface area contributed by atoms with Gasteiger partial charge in [0.05, 0.1) is 6.61 Å². The van der Waals surface area contributed by atoms with Gasteiger partial charge in [0.1, 0.15) is 0 Å². The molecule has 1 unspecified atom stereocenters. The molecule has 64 valence electrons. The molecule has 2 saturated heterocycles. The summed E-state index contributed by atoms with van der Waals surface area (Å²) in [6.45, 7) is 3.24. The maximum absolute atomic E-state index is 5.21. The van der Waals surface area contributed by atoms with Crippen molar-refractivity contribution in [2.75, 3.05) is 13.7 Å². The van der Waals surface area contributed by atoms with Crippen molar-refractivity contribution < 1.29 is 4.74 Å². The molecule has 2 heteroatoms. The minimum absolute atomic E-state index is 0.372. The quantitative estimate of drug-likeness (QED) is 0.646. The number of methoxy groups -OCH3 is 1. The predicted molar refractivity (Wildman–Crippen MR) is 44.5 cm³/mol. The molecule has 2 nitrogen and oxygen atoms in total. The average Bonchev–Trinajstić information content (AvgIpc) is 1.84. The van der Waals surface area contributed by atoms with Gasteiger partial charge in [0, 0.05) is 18.7 Å². The fourth-order valence-electron chi connectivity index (χ4n) is 2.84. The fraction of sp³-hybridized carbons (Fsp3) is 1.00. The van der Waals surface area contributed by atoms with Crippen molar-refractivity contribution in [3.8, 4) is 0 Å². The van der Waals surface area contributed by atoms with Crippen molar-refractivity contribution in [3.63, 3.8) is 0 Å². The summed E-state index contributed by atoms with van der Waals surface area (Å²) in [7, 11) is 1.79. The number of piperidine rings is 1. The Labute approximate surface area is 68.3 Å². The van der Waals surface area contributed by atoms with Gasteiger partial charge in [-0.15, -0.1) is 0 Å². The van der Waals surface area contributed by atoms with Crippen LogP contribution in [0.5, 0.6) is 0 Å². The molecule has 2 heterocycles. The first-order valence-electron chi connectivity index (χ1n) is 4.51. The average molecular weight is 155 g/mol. The van der Waals surface area contributed by atoms with Crippen LogP contribution in [-0.2, 0) is 4.74 Å². The number of rotatable bonds is 2. The number of ether oxygens (including phenoxy) is 1. The zero-order valence-electron chi connectivity index (χ0n) is 7.39. The van der Waals surface area contributed by atoms with Gasteiger partial charge in [-0.25, -0.2) is 0 Å². The van der Waals surface area contributed by atoms with Crippen molar-refractivity contribution in [2.24, 2.45) is 5.92 Å². The van der Waals surface area contributed by atoms with E-state index < -0.39 is 0 Å². The van der Waals surface area contributed by atoms with Gasteiger partial charge in [-0.05, 0) is 25.2 Å². The first-order chi connectivity index (χ1) is 5.24. The summed E-state index contributed by atoms with van der Waals surface area (Å²) in [4.78, 5) is 0. The Morgan fingerprint density at radius 2 is 2.27 bits per heavy atom. The largest absolute Gasteiger partial charge is 0.383 e. The van der Waals surface area contributed by atoms with E-state index in [4.69, 9.17) is 4.74 Å². The predicted octanol–water partition coefficient (Wildman–Crippen LogP) is 1.16. The zero-order valence-corrected chi connectivity index (χ0v) is 7.39. The molecule has 1 N–H and O–H groups in total. The summed E-state index contributed by atoms with van der Waals surface area (Å²) >= 11 is 0. The summed E-state index contributed by atoms with van der Waals surface area (Å²) in [5, 5.41) is 3.60. The highest BCUT2D eigenvalue weighted by Gasteiger charge is 2.48. The van der Waals surface area contributed by atoms with E-state index in [0.717, 1.165) is 18.6 Å². The lowest BCUT2D eigenvalue weighted by Gasteiger charge is -2.55. The molecule has 1 aliphatic carbocycles. The highest BCUT2D eigenvalue weighted by molar-refractivity contribution is 5.08. The van der Waals surface area contributed by atoms with Crippen molar-refractivity contribution >= 4 is 0 Å². The maximum atomic E-state index is 5.21. The van der Waals surface area contributed by atoms with Gasteiger partial charge < -0.3 is 10.1 Å². The van der Waals surface area contributed by atoms with E-state index >= 15 is 0 Å². The molecule has 0 spiro atoms. The first-order valence-corrected chi connectivity index (χ1v) is 4.51. The standard InChI is InChI=1S/C9H17NO/c1-7-3-8-5-9(4-7,10-8)6-11-2/h7-8,10H,3-6H2,1-2H3/t7-,8?,9-/m1/s1. The fourth-order valence-corrected chi connectivity index (χ4v) is 2.84. The molecule has 11 heavy (non-hydrogen) atoms. The van der Waals surface area contributed by atoms with Crippen LogP contribution in [0, 0.1) is 5.92 Å². The summed E-state index contributed by atoms with van der Waals surface area (Å²) in [6.07, 6.45) is 4.01. The molecule has 0 aromatic heterocycles. The highest BCUT2D eigenvalue weighted by atomic mass is 16.5. The van der Waals surface area contributed by atoms with Crippen LogP contribution in [-0.4, -0.2) is 25.3 Å². The second-order valence-corrected chi connectivity index (χ2v) is 4.30. The molecule has 2 bridgehead atoms. The molecular weight excluding hydrogens is 138 g/mol. The molecule has 0 aromatic rings. The Kier molecular flexibility index (Phi) is 1.69. The number of hydrogen-bond acceptors (Lipinski definition) is 2. The molecule has 0 radical (unpaired) electrons. The highest BCUT2D eigenvalue weighted by Crippen LogP contribution is 2.41. The van der Waals surface area contributed by atoms with Gasteiger partial charge in [-0.1, -0.05) is 6.92 Å². The maximum Gasteiger partial charge on any atom is 0.0645 e. The normalized spacial score (nSPS) is 48.5. The van der Waals surface area contributed by atoms with Crippen LogP contribution in [0.15, 0.2) is 0 Å². The van der Waals surface area contributed by atoms with Crippen LogP contribution in [0.1, 0.15) is 26.2 Å². The van der Waals surface area contributed by atoms with Crippen molar-refractivity contribution in [1.82, 2.24) is 5.32 Å². The molecular formula is C9H17NO. The molecule has 0 amide bonds. The van der Waals surface area contributed by atoms with Crippen molar-refractivity contribution in [2.45, 2.75) is 37.8 Å². The molecule has 1 saturated carbocycles. The third-order valence-electron chi connectivity index (χ3n) is 2.99. The van der Waals surface area contributed by atoms with E-state index in [9.17, 15) is 0 Å². The smallest absolute Gasteiger partial charge is 0.0645 e. The lowest BCUT2D eigenvalue weighted by Crippen LogP contribution is -2.69. The molecule has 2 aliphatic heterocycles. The van der Waals surface area contributed by atoms with Gasteiger partial charge in [0.2, 0.25) is 0 Å². The van der Waals surface area contributed by atoms with Crippen LogP contribution in [0.25, 0.3) is 0 Å². The second kappa shape index (κ2) is 2.46. The lowest BCUT2D eigenvalue weighted by atomic mass is 9.67. The Morgan fingerprint density at radius 1 is 1.55 bits per heavy atom. The van der Waals surface area contributed by atoms with E-state index in [1.54, 1.807) is 7.11 Å².